The van der Waals surface area contributed by atoms with E-state index in [0.717, 1.165) is 5.92 Å². The van der Waals surface area contributed by atoms with E-state index in [9.17, 15) is 0 Å². The van der Waals surface area contributed by atoms with Gasteiger partial charge in [-0.25, -0.2) is 4.98 Å². The van der Waals surface area contributed by atoms with Crippen LogP contribution in [0.3, 0.4) is 0 Å². The van der Waals surface area contributed by atoms with Crippen molar-refractivity contribution >= 4 is 0 Å². The van der Waals surface area contributed by atoms with Crippen LogP contribution in [0.1, 0.15) is 37.8 Å². The van der Waals surface area contributed by atoms with Crippen LogP contribution < -0.4 is 0 Å². The number of nitrogens with one attached hydrogen (secondary N) is 1. The van der Waals surface area contributed by atoms with E-state index >= 15 is 0 Å². The zero-order chi connectivity index (χ0) is 8.23. The molecule has 0 aliphatic heterocycles. The smallest absolute Gasteiger partial charge is 0.0921 e. The van der Waals surface area contributed by atoms with Crippen molar-refractivity contribution in [3.63, 3.8) is 0 Å². The van der Waals surface area contributed by atoms with Crippen LogP contribution in [0.25, 0.3) is 0 Å². The van der Waals surface area contributed by atoms with Gasteiger partial charge in [-0.1, -0.05) is 25.7 Å². The van der Waals surface area contributed by atoms with Gasteiger partial charge in [0.1, 0.15) is 0 Å². The maximum absolute atomic E-state index is 4.01. The summed E-state index contributed by atoms with van der Waals surface area (Å²) in [6.45, 7) is 0. The third-order valence-electron chi connectivity index (χ3n) is 2.85. The van der Waals surface area contributed by atoms with E-state index in [0.29, 0.717) is 0 Å². The summed E-state index contributed by atoms with van der Waals surface area (Å²) in [5.74, 6) is 0.994. The molecular formula is C10H16N2. The van der Waals surface area contributed by atoms with Crippen LogP contribution >= 0.6 is 0 Å². The summed E-state index contributed by atoms with van der Waals surface area (Å²) < 4.78 is 0. The van der Waals surface area contributed by atoms with Crippen molar-refractivity contribution in [3.05, 3.63) is 18.2 Å². The summed E-state index contributed by atoms with van der Waals surface area (Å²) in [4.78, 5) is 7.16. The van der Waals surface area contributed by atoms with Crippen LogP contribution in [0.4, 0.5) is 0 Å². The van der Waals surface area contributed by atoms with E-state index in [-0.39, 0.29) is 0 Å². The minimum Gasteiger partial charge on any atom is -0.348 e. The second-order valence-corrected chi connectivity index (χ2v) is 3.77. The SMILES string of the molecule is c1ncc(CCC2CCCC2)[nH]1. The summed E-state index contributed by atoms with van der Waals surface area (Å²) in [6, 6.07) is 0. The fourth-order valence-electron chi connectivity index (χ4n) is 2.08. The number of rotatable bonds is 3. The molecule has 66 valence electrons. The standard InChI is InChI=1S/C10H16N2/c1-2-4-9(3-1)5-6-10-7-11-8-12-10/h7-9H,1-6H2,(H,11,12). The maximum atomic E-state index is 4.01. The Morgan fingerprint density at radius 3 is 2.92 bits per heavy atom. The molecule has 1 aromatic heterocycles. The van der Waals surface area contributed by atoms with Gasteiger partial charge in [0.15, 0.2) is 0 Å². The first-order valence-electron chi connectivity index (χ1n) is 4.92. The minimum absolute atomic E-state index is 0.994. The van der Waals surface area contributed by atoms with Crippen LogP contribution in [0.5, 0.6) is 0 Å². The van der Waals surface area contributed by atoms with Gasteiger partial charge in [-0.05, 0) is 18.8 Å². The van der Waals surface area contributed by atoms with Crippen LogP contribution in [-0.2, 0) is 6.42 Å². The Morgan fingerprint density at radius 1 is 1.42 bits per heavy atom. The summed E-state index contributed by atoms with van der Waals surface area (Å²) in [6.07, 6.45) is 12.1. The van der Waals surface area contributed by atoms with E-state index in [1.54, 1.807) is 6.33 Å². The van der Waals surface area contributed by atoms with E-state index < -0.39 is 0 Å². The number of hydrogen-bond acceptors (Lipinski definition) is 1. The first-order chi connectivity index (χ1) is 5.95. The number of hydrogen-bond donors (Lipinski definition) is 1. The largest absolute Gasteiger partial charge is 0.348 e. The summed E-state index contributed by atoms with van der Waals surface area (Å²) in [7, 11) is 0. The highest BCUT2D eigenvalue weighted by Crippen LogP contribution is 2.28. The molecule has 0 amide bonds. The zero-order valence-corrected chi connectivity index (χ0v) is 7.42. The summed E-state index contributed by atoms with van der Waals surface area (Å²) in [5, 5.41) is 0. The molecule has 0 bridgehead atoms. The quantitative estimate of drug-likeness (QED) is 0.730. The number of nitrogens with zero attached hydrogens (tertiary/aromatic N) is 1. The molecule has 1 fully saturated rings. The maximum Gasteiger partial charge on any atom is 0.0921 e. The lowest BCUT2D eigenvalue weighted by Gasteiger charge is -2.06. The second kappa shape index (κ2) is 3.74. The van der Waals surface area contributed by atoms with Gasteiger partial charge < -0.3 is 4.98 Å². The van der Waals surface area contributed by atoms with E-state index in [1.165, 1.54) is 44.2 Å². The van der Waals surface area contributed by atoms with Crippen molar-refractivity contribution in [2.24, 2.45) is 5.92 Å². The predicted molar refractivity (Wildman–Crippen MR) is 48.9 cm³/mol. The molecule has 2 heteroatoms. The van der Waals surface area contributed by atoms with Crippen molar-refractivity contribution in [2.75, 3.05) is 0 Å². The number of aromatic nitrogens is 2. The van der Waals surface area contributed by atoms with Crippen molar-refractivity contribution in [2.45, 2.75) is 38.5 Å². The Hall–Kier alpha value is -0.790. The Labute approximate surface area is 73.4 Å². The first kappa shape index (κ1) is 7.84. The van der Waals surface area contributed by atoms with Crippen LogP contribution in [-0.4, -0.2) is 9.97 Å². The molecule has 2 rings (SSSR count). The lowest BCUT2D eigenvalue weighted by Crippen LogP contribution is -1.96. The molecule has 1 aliphatic carbocycles. The van der Waals surface area contributed by atoms with Crippen molar-refractivity contribution < 1.29 is 0 Å². The molecule has 1 N–H and O–H groups in total. The molecule has 0 aromatic carbocycles. The highest BCUT2D eigenvalue weighted by Gasteiger charge is 2.14. The van der Waals surface area contributed by atoms with Gasteiger partial charge in [0.25, 0.3) is 0 Å². The van der Waals surface area contributed by atoms with Gasteiger partial charge in [-0.2, -0.15) is 0 Å². The number of aryl methyl sites for hydroxylation is 1. The fraction of sp³-hybridized carbons (Fsp3) is 0.700. The molecule has 0 saturated heterocycles. The Kier molecular flexibility index (Phi) is 2.45. The van der Waals surface area contributed by atoms with E-state index in [4.69, 9.17) is 0 Å². The molecule has 0 spiro atoms. The predicted octanol–water partition coefficient (Wildman–Crippen LogP) is 2.53. The van der Waals surface area contributed by atoms with Crippen molar-refractivity contribution in [1.82, 2.24) is 9.97 Å². The van der Waals surface area contributed by atoms with Crippen molar-refractivity contribution in [1.29, 1.82) is 0 Å². The summed E-state index contributed by atoms with van der Waals surface area (Å²) >= 11 is 0. The Bertz CT molecular complexity index is 210. The number of imidazole rings is 1. The first-order valence-corrected chi connectivity index (χ1v) is 4.92. The van der Waals surface area contributed by atoms with Gasteiger partial charge in [-0.15, -0.1) is 0 Å². The van der Waals surface area contributed by atoms with Crippen molar-refractivity contribution in [3.8, 4) is 0 Å². The monoisotopic (exact) mass is 164 g/mol. The van der Waals surface area contributed by atoms with Gasteiger partial charge >= 0.3 is 0 Å². The van der Waals surface area contributed by atoms with Crippen LogP contribution in [0.2, 0.25) is 0 Å². The van der Waals surface area contributed by atoms with Gasteiger partial charge in [0.05, 0.1) is 6.33 Å². The lowest BCUT2D eigenvalue weighted by molar-refractivity contribution is 0.501. The number of H-pyrrole nitrogens is 1. The van der Waals surface area contributed by atoms with Gasteiger partial charge in [0, 0.05) is 11.9 Å². The Balaban J connectivity index is 1.74. The van der Waals surface area contributed by atoms with Crippen LogP contribution in [0, 0.1) is 5.92 Å². The molecule has 1 aliphatic rings. The molecule has 12 heavy (non-hydrogen) atoms. The zero-order valence-electron chi connectivity index (χ0n) is 7.42. The van der Waals surface area contributed by atoms with Crippen LogP contribution in [0.15, 0.2) is 12.5 Å². The third kappa shape index (κ3) is 1.87. The average Bonchev–Trinajstić information content (AvgIpc) is 2.74. The van der Waals surface area contributed by atoms with Gasteiger partial charge in [-0.3, -0.25) is 0 Å². The molecule has 1 heterocycles. The molecule has 1 saturated carbocycles. The number of aromatic amines is 1. The molecule has 0 radical (unpaired) electrons. The molecule has 1 aromatic rings. The average molecular weight is 164 g/mol. The molecule has 0 atom stereocenters. The second-order valence-electron chi connectivity index (χ2n) is 3.77. The molecule has 0 unspecified atom stereocenters. The van der Waals surface area contributed by atoms with E-state index in [1.807, 2.05) is 6.20 Å². The normalized spacial score (nSPS) is 18.7. The van der Waals surface area contributed by atoms with E-state index in [2.05, 4.69) is 9.97 Å². The highest BCUT2D eigenvalue weighted by molar-refractivity contribution is 4.94. The topological polar surface area (TPSA) is 28.7 Å². The third-order valence-corrected chi connectivity index (χ3v) is 2.85. The molecule has 2 nitrogen and oxygen atoms in total. The highest BCUT2D eigenvalue weighted by atomic mass is 14.9. The lowest BCUT2D eigenvalue weighted by atomic mass is 10.0. The summed E-state index contributed by atoms with van der Waals surface area (Å²) in [5.41, 5.74) is 1.29. The minimum atomic E-state index is 0.994. The fourth-order valence-corrected chi connectivity index (χ4v) is 2.08. The molecular weight excluding hydrogens is 148 g/mol. The van der Waals surface area contributed by atoms with Gasteiger partial charge in [0.2, 0.25) is 0 Å². The Morgan fingerprint density at radius 2 is 2.25 bits per heavy atom.